The molecule has 14 heavy (non-hydrogen) atoms. The zero-order chi connectivity index (χ0) is 10.0. The summed E-state index contributed by atoms with van der Waals surface area (Å²) in [5.74, 6) is 0. The summed E-state index contributed by atoms with van der Waals surface area (Å²) in [5, 5.41) is 9.18. The number of halogens is 1. The zero-order valence-electron chi connectivity index (χ0n) is 9.50. The van der Waals surface area contributed by atoms with Crippen LogP contribution >= 0.6 is 0 Å². The molecule has 0 amide bonds. The van der Waals surface area contributed by atoms with Gasteiger partial charge in [-0.05, 0) is 21.1 Å². The molecule has 1 aliphatic rings. The van der Waals surface area contributed by atoms with Crippen LogP contribution in [0.1, 0.15) is 6.42 Å². The second-order valence-corrected chi connectivity index (χ2v) is 4.22. The van der Waals surface area contributed by atoms with Crippen molar-refractivity contribution in [1.29, 1.82) is 0 Å². The van der Waals surface area contributed by atoms with Gasteiger partial charge in [0.05, 0.1) is 20.2 Å². The molecule has 0 saturated carbocycles. The van der Waals surface area contributed by atoms with Crippen molar-refractivity contribution in [1.82, 2.24) is 9.80 Å². The van der Waals surface area contributed by atoms with Crippen LogP contribution in [-0.4, -0.2) is 68.6 Å². The molecule has 0 bridgehead atoms. The lowest BCUT2D eigenvalue weighted by Crippen LogP contribution is -3.18. The van der Waals surface area contributed by atoms with E-state index in [4.69, 9.17) is 0 Å². The van der Waals surface area contributed by atoms with E-state index in [1.54, 1.807) is 0 Å². The summed E-state index contributed by atoms with van der Waals surface area (Å²) in [6.45, 7) is 1.41. The minimum atomic E-state index is 0. The fraction of sp³-hybridized carbons (Fsp3) is 1.00. The zero-order valence-corrected chi connectivity index (χ0v) is 11.1. The van der Waals surface area contributed by atoms with Gasteiger partial charge in [0.15, 0.2) is 0 Å². The van der Waals surface area contributed by atoms with Crippen molar-refractivity contribution in [2.24, 2.45) is 0 Å². The van der Waals surface area contributed by atoms with Crippen molar-refractivity contribution in [3.8, 4) is 0 Å². The summed E-state index contributed by atoms with van der Waals surface area (Å²) in [6.07, 6.45) is 1.48. The van der Waals surface area contributed by atoms with E-state index in [1.165, 1.54) is 4.90 Å². The Hall–Kier alpha value is 0.320. The summed E-state index contributed by atoms with van der Waals surface area (Å²) in [4.78, 5) is 5.97. The summed E-state index contributed by atoms with van der Waals surface area (Å²) in [6, 6.07) is 0.330. The first-order valence-electron chi connectivity index (χ1n) is 4.89. The van der Waals surface area contributed by atoms with Gasteiger partial charge in [0.25, 0.3) is 0 Å². The quantitative estimate of drug-likeness (QED) is 0.526. The molecule has 0 spiro atoms. The molecule has 3 unspecified atom stereocenters. The smallest absolute Gasteiger partial charge is 0.202 e. The molecule has 0 aromatic carbocycles. The molecule has 86 valence electrons. The lowest BCUT2D eigenvalue weighted by Gasteiger charge is -2.44. The van der Waals surface area contributed by atoms with Crippen molar-refractivity contribution >= 4 is 0 Å². The monoisotopic (exact) mass is 267 g/mol. The Labute approximate surface area is 97.2 Å². The van der Waals surface area contributed by atoms with Gasteiger partial charge in [-0.25, -0.2) is 9.80 Å². The van der Waals surface area contributed by atoms with Gasteiger partial charge in [-0.2, -0.15) is 0 Å². The maximum Gasteiger partial charge on any atom is 0.202 e. The fourth-order valence-corrected chi connectivity index (χ4v) is 2.30. The van der Waals surface area contributed by atoms with Gasteiger partial charge in [-0.3, -0.25) is 0 Å². The summed E-state index contributed by atoms with van der Waals surface area (Å²) in [7, 11) is 8.47. The molecule has 1 fully saturated rings. The SMILES string of the molecule is CN(C)C1N(C)C(CO)CC[NH+]1C.[Br-]. The average molecular weight is 268 g/mol. The fourth-order valence-electron chi connectivity index (χ4n) is 2.30. The average Bonchev–Trinajstić information content (AvgIpc) is 2.04. The van der Waals surface area contributed by atoms with E-state index in [9.17, 15) is 5.11 Å². The number of likely N-dealkylation sites (N-methyl/N-ethyl adjacent to an activating group) is 1. The highest BCUT2D eigenvalue weighted by atomic mass is 79.9. The summed E-state index contributed by atoms with van der Waals surface area (Å²) in [5.41, 5.74) is 0. The van der Waals surface area contributed by atoms with Crippen LogP contribution in [-0.2, 0) is 0 Å². The first-order chi connectivity index (χ1) is 6.07. The Morgan fingerprint density at radius 3 is 2.50 bits per heavy atom. The molecule has 4 nitrogen and oxygen atoms in total. The highest BCUT2D eigenvalue weighted by Crippen LogP contribution is 2.07. The molecule has 0 aromatic rings. The molecular formula is C9H22BrN3O. The van der Waals surface area contributed by atoms with Gasteiger partial charge in [0.1, 0.15) is 0 Å². The Balaban J connectivity index is 0.00000169. The second kappa shape index (κ2) is 6.02. The molecule has 5 heteroatoms. The molecule has 0 aliphatic carbocycles. The summed E-state index contributed by atoms with van der Waals surface area (Å²) < 4.78 is 0. The lowest BCUT2D eigenvalue weighted by atomic mass is 10.1. The van der Waals surface area contributed by atoms with Crippen LogP contribution in [0.4, 0.5) is 0 Å². The minimum Gasteiger partial charge on any atom is -1.00 e. The minimum absolute atomic E-state index is 0. The summed E-state index contributed by atoms with van der Waals surface area (Å²) >= 11 is 0. The van der Waals surface area contributed by atoms with Gasteiger partial charge < -0.3 is 27.0 Å². The highest BCUT2D eigenvalue weighted by molar-refractivity contribution is 4.72. The maximum absolute atomic E-state index is 9.18. The first-order valence-corrected chi connectivity index (χ1v) is 4.89. The van der Waals surface area contributed by atoms with E-state index in [0.29, 0.717) is 12.3 Å². The van der Waals surface area contributed by atoms with Crippen LogP contribution in [0.3, 0.4) is 0 Å². The second-order valence-electron chi connectivity index (χ2n) is 4.22. The number of nitrogens with zero attached hydrogens (tertiary/aromatic N) is 2. The van der Waals surface area contributed by atoms with Crippen molar-refractivity contribution in [2.45, 2.75) is 18.8 Å². The van der Waals surface area contributed by atoms with Gasteiger partial charge in [0, 0.05) is 12.5 Å². The topological polar surface area (TPSA) is 31.2 Å². The van der Waals surface area contributed by atoms with Crippen LogP contribution in [0, 0.1) is 0 Å². The van der Waals surface area contributed by atoms with Crippen LogP contribution in [0.2, 0.25) is 0 Å². The Morgan fingerprint density at radius 2 is 2.07 bits per heavy atom. The third-order valence-electron chi connectivity index (χ3n) is 2.97. The third kappa shape index (κ3) is 2.90. The van der Waals surface area contributed by atoms with E-state index in [-0.39, 0.29) is 23.6 Å². The molecule has 3 atom stereocenters. The maximum atomic E-state index is 9.18. The normalized spacial score (nSPS) is 34.3. The molecule has 0 radical (unpaired) electrons. The van der Waals surface area contributed by atoms with Gasteiger partial charge in [-0.1, -0.05) is 0 Å². The van der Waals surface area contributed by atoms with Crippen molar-refractivity contribution in [2.75, 3.05) is 41.3 Å². The molecule has 1 aliphatic heterocycles. The predicted octanol–water partition coefficient (Wildman–Crippen LogP) is -4.95. The van der Waals surface area contributed by atoms with Crippen LogP contribution in [0.15, 0.2) is 0 Å². The van der Waals surface area contributed by atoms with E-state index >= 15 is 0 Å². The number of rotatable bonds is 2. The molecule has 1 heterocycles. The first kappa shape index (κ1) is 14.3. The Kier molecular flexibility index (Phi) is 6.16. The van der Waals surface area contributed by atoms with E-state index in [2.05, 4.69) is 38.0 Å². The Morgan fingerprint density at radius 1 is 1.50 bits per heavy atom. The molecule has 1 rings (SSSR count). The number of aliphatic hydroxyl groups is 1. The number of hydrogen-bond donors (Lipinski definition) is 2. The largest absolute Gasteiger partial charge is 1.00 e. The van der Waals surface area contributed by atoms with Crippen molar-refractivity contribution < 1.29 is 27.0 Å². The van der Waals surface area contributed by atoms with Crippen LogP contribution < -0.4 is 21.9 Å². The van der Waals surface area contributed by atoms with Gasteiger partial charge >= 0.3 is 0 Å². The van der Waals surface area contributed by atoms with Crippen molar-refractivity contribution in [3.05, 3.63) is 0 Å². The Bertz CT molecular complexity index is 168. The van der Waals surface area contributed by atoms with Crippen molar-refractivity contribution in [3.63, 3.8) is 0 Å². The van der Waals surface area contributed by atoms with Gasteiger partial charge in [-0.15, -0.1) is 0 Å². The molecule has 2 N–H and O–H groups in total. The van der Waals surface area contributed by atoms with E-state index in [0.717, 1.165) is 13.0 Å². The van der Waals surface area contributed by atoms with Gasteiger partial charge in [0.2, 0.25) is 6.29 Å². The van der Waals surface area contributed by atoms with Crippen LogP contribution in [0.25, 0.3) is 0 Å². The number of nitrogens with one attached hydrogen (secondary N) is 1. The standard InChI is InChI=1S/C9H21N3O.BrH/c1-10(2)9-11(3)6-5-8(7-13)12(9)4;/h8-9,13H,5-7H2,1-4H3;1H. The number of quaternary nitrogens is 1. The van der Waals surface area contributed by atoms with E-state index < -0.39 is 0 Å². The molecule has 1 saturated heterocycles. The predicted molar refractivity (Wildman–Crippen MR) is 52.5 cm³/mol. The van der Waals surface area contributed by atoms with Crippen LogP contribution in [0.5, 0.6) is 0 Å². The van der Waals surface area contributed by atoms with E-state index in [1.807, 2.05) is 0 Å². The molecule has 0 aromatic heterocycles. The third-order valence-corrected chi connectivity index (χ3v) is 2.97. The highest BCUT2D eigenvalue weighted by Gasteiger charge is 2.35. The number of hydrogen-bond acceptors (Lipinski definition) is 3. The number of aliphatic hydroxyl groups excluding tert-OH is 1. The molecular weight excluding hydrogens is 246 g/mol. The lowest BCUT2D eigenvalue weighted by molar-refractivity contribution is -0.938.